The summed E-state index contributed by atoms with van der Waals surface area (Å²) in [4.78, 5) is 2.48. The van der Waals surface area contributed by atoms with E-state index in [4.69, 9.17) is 0 Å². The van der Waals surface area contributed by atoms with Gasteiger partial charge in [0.25, 0.3) is 0 Å². The van der Waals surface area contributed by atoms with Crippen LogP contribution in [0.15, 0.2) is 24.3 Å². The zero-order chi connectivity index (χ0) is 25.0. The number of unbranched alkanes of at least 4 members (excludes halogenated alkanes) is 18. The smallest absolute Gasteiger partial charge is 0.00891 e. The van der Waals surface area contributed by atoms with Gasteiger partial charge in [-0.15, -0.1) is 0 Å². The van der Waals surface area contributed by atoms with Crippen LogP contribution < -0.4 is 0 Å². The predicted molar refractivity (Wildman–Crippen MR) is 158 cm³/mol. The Bertz CT molecular complexity index is 422. The van der Waals surface area contributed by atoms with E-state index in [1.807, 2.05) is 0 Å². The number of hydrogen-bond acceptors (Lipinski definition) is 1. The highest BCUT2D eigenvalue weighted by atomic mass is 15.1. The Morgan fingerprint density at radius 1 is 0.441 bits per heavy atom. The first-order valence-electron chi connectivity index (χ1n) is 15.7. The van der Waals surface area contributed by atoms with E-state index in [-0.39, 0.29) is 0 Å². The van der Waals surface area contributed by atoms with Gasteiger partial charge in [0.2, 0.25) is 0 Å². The molecule has 0 radical (unpaired) electrons. The molecule has 1 atom stereocenters. The molecular weight excluding hydrogens is 410 g/mol. The van der Waals surface area contributed by atoms with Crippen LogP contribution in [0.3, 0.4) is 0 Å². The van der Waals surface area contributed by atoms with E-state index in [9.17, 15) is 0 Å². The fraction of sp³-hybridized carbons (Fsp3) is 0.879. The second-order valence-corrected chi connectivity index (χ2v) is 11.0. The van der Waals surface area contributed by atoms with Gasteiger partial charge in [0.1, 0.15) is 0 Å². The highest BCUT2D eigenvalue weighted by Gasteiger charge is 2.10. The van der Waals surface area contributed by atoms with Crippen LogP contribution >= 0.6 is 0 Å². The van der Waals surface area contributed by atoms with Crippen molar-refractivity contribution in [2.45, 2.75) is 174 Å². The van der Waals surface area contributed by atoms with Gasteiger partial charge < -0.3 is 4.90 Å². The molecule has 0 unspecified atom stereocenters. The minimum atomic E-state index is 0.812. The second kappa shape index (κ2) is 28.7. The van der Waals surface area contributed by atoms with Gasteiger partial charge >= 0.3 is 0 Å². The summed E-state index contributed by atoms with van der Waals surface area (Å²) in [5, 5.41) is 0. The zero-order valence-corrected chi connectivity index (χ0v) is 24.3. The van der Waals surface area contributed by atoms with Gasteiger partial charge in [-0.25, -0.2) is 0 Å². The van der Waals surface area contributed by atoms with Gasteiger partial charge in [-0.1, -0.05) is 147 Å². The molecule has 202 valence electrons. The first kappa shape index (κ1) is 33.4. The van der Waals surface area contributed by atoms with E-state index in [0.717, 1.165) is 12.5 Å². The molecule has 0 aliphatic carbocycles. The second-order valence-electron chi connectivity index (χ2n) is 11.0. The lowest BCUT2D eigenvalue weighted by Crippen LogP contribution is -2.27. The molecule has 34 heavy (non-hydrogen) atoms. The van der Waals surface area contributed by atoms with Crippen LogP contribution in [0, 0.1) is 0 Å². The van der Waals surface area contributed by atoms with Gasteiger partial charge in [-0.05, 0) is 59.0 Å². The average molecular weight is 476 g/mol. The van der Waals surface area contributed by atoms with Crippen LogP contribution in [0.1, 0.15) is 168 Å². The van der Waals surface area contributed by atoms with Crippen molar-refractivity contribution in [1.29, 1.82) is 0 Å². The first-order chi connectivity index (χ1) is 16.7. The van der Waals surface area contributed by atoms with Crippen molar-refractivity contribution >= 4 is 0 Å². The van der Waals surface area contributed by atoms with Crippen LogP contribution in [-0.2, 0) is 0 Å². The van der Waals surface area contributed by atoms with Crippen molar-refractivity contribution < 1.29 is 0 Å². The molecule has 0 aromatic heterocycles. The zero-order valence-electron chi connectivity index (χ0n) is 24.3. The first-order valence-corrected chi connectivity index (χ1v) is 15.7. The fourth-order valence-corrected chi connectivity index (χ4v) is 4.90. The average Bonchev–Trinajstić information content (AvgIpc) is 2.83. The monoisotopic (exact) mass is 476 g/mol. The summed E-state index contributed by atoms with van der Waals surface area (Å²) in [7, 11) is 4.57. The van der Waals surface area contributed by atoms with E-state index in [1.54, 1.807) is 0 Å². The molecule has 0 aromatic rings. The van der Waals surface area contributed by atoms with Crippen molar-refractivity contribution in [2.75, 3.05) is 14.1 Å². The number of nitrogens with zero attached hydrogens (tertiary/aromatic N) is 1. The summed E-state index contributed by atoms with van der Waals surface area (Å²) in [6.45, 7) is 4.58. The lowest BCUT2D eigenvalue weighted by molar-refractivity contribution is 0.251. The standard InChI is InChI=1S/C33H65N/c1-5-7-9-11-13-14-15-16-17-18-19-20-21-22-23-24-26-28-30-32-33(34(3)4)31-29-27-25-12-10-8-6-2/h13-14,16-17,33H,5-12,15,18-32H2,1-4H3/b14-13-,17-16-/t33-/m1/s1. The quantitative estimate of drug-likeness (QED) is 0.0843. The number of hydrogen-bond donors (Lipinski definition) is 0. The van der Waals surface area contributed by atoms with E-state index in [2.05, 4.69) is 57.1 Å². The molecule has 0 fully saturated rings. The summed E-state index contributed by atoms with van der Waals surface area (Å²) in [5.74, 6) is 0. The summed E-state index contributed by atoms with van der Waals surface area (Å²) >= 11 is 0. The Morgan fingerprint density at radius 2 is 0.794 bits per heavy atom. The van der Waals surface area contributed by atoms with Crippen LogP contribution in [0.4, 0.5) is 0 Å². The normalized spacial score (nSPS) is 13.1. The Kier molecular flexibility index (Phi) is 28.2. The van der Waals surface area contributed by atoms with Gasteiger partial charge in [0.05, 0.1) is 0 Å². The SMILES string of the molecule is CCCCC/C=C\C/C=C\CCCCCCCCCCC[C@@H](CCCCCCCCC)N(C)C. The van der Waals surface area contributed by atoms with Crippen molar-refractivity contribution in [1.82, 2.24) is 4.90 Å². The molecular formula is C33H65N. The highest BCUT2D eigenvalue weighted by molar-refractivity contribution is 4.92. The minimum absolute atomic E-state index is 0.812. The molecule has 0 rings (SSSR count). The maximum Gasteiger partial charge on any atom is 0.00891 e. The molecule has 0 bridgehead atoms. The van der Waals surface area contributed by atoms with Crippen LogP contribution in [0.2, 0.25) is 0 Å². The highest BCUT2D eigenvalue weighted by Crippen LogP contribution is 2.17. The lowest BCUT2D eigenvalue weighted by atomic mass is 9.99. The third-order valence-corrected chi connectivity index (χ3v) is 7.36. The van der Waals surface area contributed by atoms with Gasteiger partial charge in [-0.2, -0.15) is 0 Å². The molecule has 0 aliphatic rings. The molecule has 0 aliphatic heterocycles. The molecule has 0 amide bonds. The summed E-state index contributed by atoms with van der Waals surface area (Å²) in [6.07, 6.45) is 42.9. The third kappa shape index (κ3) is 26.1. The van der Waals surface area contributed by atoms with Gasteiger partial charge in [-0.3, -0.25) is 0 Å². The molecule has 1 heteroatoms. The summed E-state index contributed by atoms with van der Waals surface area (Å²) in [6, 6.07) is 0.812. The van der Waals surface area contributed by atoms with E-state index in [1.165, 1.54) is 148 Å². The molecule has 0 spiro atoms. The molecule has 0 N–H and O–H groups in total. The van der Waals surface area contributed by atoms with E-state index in [0.29, 0.717) is 0 Å². The Morgan fingerprint density at radius 3 is 1.24 bits per heavy atom. The minimum Gasteiger partial charge on any atom is -0.306 e. The van der Waals surface area contributed by atoms with Crippen LogP contribution in [-0.4, -0.2) is 25.0 Å². The van der Waals surface area contributed by atoms with Crippen LogP contribution in [0.5, 0.6) is 0 Å². The largest absolute Gasteiger partial charge is 0.306 e. The fourth-order valence-electron chi connectivity index (χ4n) is 4.90. The van der Waals surface area contributed by atoms with Crippen molar-refractivity contribution in [3.8, 4) is 0 Å². The Hall–Kier alpha value is -0.560. The Balaban J connectivity index is 3.42. The maximum atomic E-state index is 2.48. The van der Waals surface area contributed by atoms with Crippen molar-refractivity contribution in [3.05, 3.63) is 24.3 Å². The van der Waals surface area contributed by atoms with E-state index >= 15 is 0 Å². The number of allylic oxidation sites excluding steroid dienone is 4. The van der Waals surface area contributed by atoms with Gasteiger partial charge in [0.15, 0.2) is 0 Å². The predicted octanol–water partition coefficient (Wildman–Crippen LogP) is 11.4. The lowest BCUT2D eigenvalue weighted by Gasteiger charge is -2.24. The van der Waals surface area contributed by atoms with Crippen molar-refractivity contribution in [2.24, 2.45) is 0 Å². The van der Waals surface area contributed by atoms with Crippen molar-refractivity contribution in [3.63, 3.8) is 0 Å². The third-order valence-electron chi connectivity index (χ3n) is 7.36. The maximum absolute atomic E-state index is 2.48. The van der Waals surface area contributed by atoms with E-state index < -0.39 is 0 Å². The Labute approximate surface area is 217 Å². The van der Waals surface area contributed by atoms with Gasteiger partial charge in [0, 0.05) is 6.04 Å². The molecule has 1 nitrogen and oxygen atoms in total. The molecule has 0 heterocycles. The molecule has 0 saturated heterocycles. The molecule has 0 aromatic carbocycles. The van der Waals surface area contributed by atoms with Crippen LogP contribution in [0.25, 0.3) is 0 Å². The summed E-state index contributed by atoms with van der Waals surface area (Å²) < 4.78 is 0. The topological polar surface area (TPSA) is 3.24 Å². The molecule has 0 saturated carbocycles. The summed E-state index contributed by atoms with van der Waals surface area (Å²) in [5.41, 5.74) is 0. The number of rotatable bonds is 27.